The first-order chi connectivity index (χ1) is 13.0. The summed E-state index contributed by atoms with van der Waals surface area (Å²) >= 11 is 4.75. The summed E-state index contributed by atoms with van der Waals surface area (Å²) in [5.41, 5.74) is 1.42. The number of thiazole rings is 1. The molecule has 0 aliphatic carbocycles. The van der Waals surface area contributed by atoms with E-state index in [1.807, 2.05) is 36.4 Å². The first kappa shape index (κ1) is 17.7. The predicted molar refractivity (Wildman–Crippen MR) is 106 cm³/mol. The van der Waals surface area contributed by atoms with Crippen LogP contribution in [0.5, 0.6) is 0 Å². The van der Waals surface area contributed by atoms with E-state index in [0.29, 0.717) is 10.4 Å². The van der Waals surface area contributed by atoms with Crippen LogP contribution in [0.4, 0.5) is 0 Å². The van der Waals surface area contributed by atoms with Crippen LogP contribution in [0, 0.1) is 0 Å². The minimum absolute atomic E-state index is 0.0373. The zero-order valence-corrected chi connectivity index (χ0v) is 16.5. The van der Waals surface area contributed by atoms with Crippen molar-refractivity contribution in [3.05, 3.63) is 63.6 Å². The molecule has 0 saturated heterocycles. The Morgan fingerprint density at radius 1 is 1.22 bits per heavy atom. The summed E-state index contributed by atoms with van der Waals surface area (Å²) in [5.74, 6) is -0.773. The van der Waals surface area contributed by atoms with Crippen molar-refractivity contribution in [2.24, 2.45) is 4.99 Å². The van der Waals surface area contributed by atoms with E-state index in [1.54, 1.807) is 16.7 Å². The fourth-order valence-electron chi connectivity index (χ4n) is 2.71. The molecule has 8 heteroatoms. The van der Waals surface area contributed by atoms with Crippen molar-refractivity contribution in [2.75, 3.05) is 7.11 Å². The molecule has 2 heterocycles. The minimum Gasteiger partial charge on any atom is -0.468 e. The third-order valence-corrected chi connectivity index (χ3v) is 5.53. The number of benzene rings is 2. The summed E-state index contributed by atoms with van der Waals surface area (Å²) in [5, 5.41) is 0.832. The summed E-state index contributed by atoms with van der Waals surface area (Å²) in [6.07, 6.45) is 0. The molecule has 6 nitrogen and oxygen atoms in total. The fourth-order valence-corrected chi connectivity index (χ4v) is 4.29. The van der Waals surface area contributed by atoms with Gasteiger partial charge in [-0.2, -0.15) is 4.99 Å². The number of para-hydroxylation sites is 1. The average Bonchev–Trinajstić information content (AvgIpc) is 3.23. The van der Waals surface area contributed by atoms with Gasteiger partial charge in [-0.25, -0.2) is 0 Å². The Balaban J connectivity index is 1.84. The predicted octanol–water partition coefficient (Wildman–Crippen LogP) is 4.13. The lowest BCUT2D eigenvalue weighted by atomic mass is 10.2. The Hall–Kier alpha value is -2.71. The molecule has 0 bridgehead atoms. The van der Waals surface area contributed by atoms with Crippen molar-refractivity contribution >= 4 is 60.3 Å². The van der Waals surface area contributed by atoms with Crippen molar-refractivity contribution in [3.8, 4) is 0 Å². The molecule has 0 atom stereocenters. The van der Waals surface area contributed by atoms with Gasteiger partial charge in [0.1, 0.15) is 12.1 Å². The van der Waals surface area contributed by atoms with Gasteiger partial charge in [0.25, 0.3) is 0 Å². The number of aromatic nitrogens is 1. The van der Waals surface area contributed by atoms with Gasteiger partial charge in [-0.3, -0.25) is 9.59 Å². The lowest BCUT2D eigenvalue weighted by Gasteiger charge is -2.03. The van der Waals surface area contributed by atoms with E-state index in [1.165, 1.54) is 18.4 Å². The number of methoxy groups -OCH3 is 1. The molecule has 4 aromatic rings. The first-order valence-corrected chi connectivity index (χ1v) is 9.59. The van der Waals surface area contributed by atoms with Gasteiger partial charge in [0.2, 0.25) is 0 Å². The van der Waals surface area contributed by atoms with Crippen molar-refractivity contribution in [1.29, 1.82) is 0 Å². The number of rotatable bonds is 3. The number of amides is 1. The quantitative estimate of drug-likeness (QED) is 0.445. The number of nitrogens with zero attached hydrogens (tertiary/aromatic N) is 2. The van der Waals surface area contributed by atoms with Crippen LogP contribution >= 0.6 is 27.3 Å². The van der Waals surface area contributed by atoms with E-state index in [2.05, 4.69) is 20.9 Å². The van der Waals surface area contributed by atoms with E-state index in [4.69, 9.17) is 9.15 Å². The second-order valence-corrected chi connectivity index (χ2v) is 7.65. The van der Waals surface area contributed by atoms with Crippen molar-refractivity contribution in [1.82, 2.24) is 4.57 Å². The number of carbonyl (C=O) groups is 2. The summed E-state index contributed by atoms with van der Waals surface area (Å²) in [6, 6.07) is 14.7. The second kappa shape index (κ2) is 7.13. The van der Waals surface area contributed by atoms with Crippen LogP contribution in [-0.2, 0) is 16.1 Å². The summed E-state index contributed by atoms with van der Waals surface area (Å²) in [4.78, 5) is 29.1. The Morgan fingerprint density at radius 2 is 2.04 bits per heavy atom. The van der Waals surface area contributed by atoms with Gasteiger partial charge in [-0.1, -0.05) is 45.5 Å². The second-order valence-electron chi connectivity index (χ2n) is 5.72. The number of fused-ring (bicyclic) bond motifs is 2. The highest BCUT2D eigenvalue weighted by atomic mass is 79.9. The zero-order chi connectivity index (χ0) is 19.0. The lowest BCUT2D eigenvalue weighted by Crippen LogP contribution is -2.22. The highest BCUT2D eigenvalue weighted by molar-refractivity contribution is 9.10. The molecule has 0 unspecified atom stereocenters. The highest BCUT2D eigenvalue weighted by Crippen LogP contribution is 2.23. The Kier molecular flexibility index (Phi) is 4.67. The molecular weight excluding hydrogens is 432 g/mol. The van der Waals surface area contributed by atoms with Gasteiger partial charge in [-0.05, 0) is 30.3 Å². The van der Waals surface area contributed by atoms with Gasteiger partial charge < -0.3 is 13.7 Å². The number of ether oxygens (including phenoxy) is 1. The Morgan fingerprint density at radius 3 is 2.81 bits per heavy atom. The van der Waals surface area contributed by atoms with Crippen LogP contribution in [-0.4, -0.2) is 23.6 Å². The number of halogens is 1. The number of carbonyl (C=O) groups excluding carboxylic acids is 2. The SMILES string of the molecule is COC(=O)Cn1c(=NC(=O)c2cc3ccccc3o2)sc2cc(Br)ccc21. The molecule has 0 spiro atoms. The van der Waals surface area contributed by atoms with E-state index >= 15 is 0 Å². The first-order valence-electron chi connectivity index (χ1n) is 7.98. The Bertz CT molecular complexity index is 1220. The van der Waals surface area contributed by atoms with Gasteiger partial charge >= 0.3 is 11.9 Å². The van der Waals surface area contributed by atoms with Crippen LogP contribution in [0.1, 0.15) is 10.6 Å². The number of esters is 1. The third kappa shape index (κ3) is 3.45. The van der Waals surface area contributed by atoms with Crippen LogP contribution in [0.3, 0.4) is 0 Å². The van der Waals surface area contributed by atoms with Crippen LogP contribution in [0.15, 0.2) is 62.4 Å². The summed E-state index contributed by atoms with van der Waals surface area (Å²) < 4.78 is 13.8. The summed E-state index contributed by atoms with van der Waals surface area (Å²) in [7, 11) is 1.32. The van der Waals surface area contributed by atoms with Crippen molar-refractivity contribution in [3.63, 3.8) is 0 Å². The molecule has 0 fully saturated rings. The molecule has 0 saturated carbocycles. The number of hydrogen-bond donors (Lipinski definition) is 0. The smallest absolute Gasteiger partial charge is 0.325 e. The average molecular weight is 445 g/mol. The highest BCUT2D eigenvalue weighted by Gasteiger charge is 2.15. The molecule has 1 amide bonds. The third-order valence-electron chi connectivity index (χ3n) is 3.99. The molecule has 0 radical (unpaired) electrons. The Labute approximate surface area is 165 Å². The van der Waals surface area contributed by atoms with E-state index in [0.717, 1.165) is 20.1 Å². The van der Waals surface area contributed by atoms with Crippen LogP contribution in [0.2, 0.25) is 0 Å². The molecule has 27 heavy (non-hydrogen) atoms. The maximum Gasteiger partial charge on any atom is 0.325 e. The van der Waals surface area contributed by atoms with E-state index in [-0.39, 0.29) is 12.3 Å². The summed E-state index contributed by atoms with van der Waals surface area (Å²) in [6.45, 7) is -0.0373. The topological polar surface area (TPSA) is 73.8 Å². The van der Waals surface area contributed by atoms with Gasteiger partial charge in [0, 0.05) is 9.86 Å². The zero-order valence-electron chi connectivity index (χ0n) is 14.1. The minimum atomic E-state index is -0.504. The van der Waals surface area contributed by atoms with E-state index < -0.39 is 11.9 Å². The number of furan rings is 1. The molecule has 2 aromatic carbocycles. The molecule has 0 aliphatic heterocycles. The van der Waals surface area contributed by atoms with Gasteiger partial charge in [-0.15, -0.1) is 0 Å². The van der Waals surface area contributed by atoms with Crippen LogP contribution in [0.25, 0.3) is 21.2 Å². The number of hydrogen-bond acceptors (Lipinski definition) is 5. The maximum atomic E-state index is 12.6. The molecule has 0 N–H and O–H groups in total. The van der Waals surface area contributed by atoms with Gasteiger partial charge in [0.15, 0.2) is 10.6 Å². The normalized spacial score (nSPS) is 12.0. The monoisotopic (exact) mass is 444 g/mol. The fraction of sp³-hybridized carbons (Fsp3) is 0.105. The molecule has 0 aliphatic rings. The van der Waals surface area contributed by atoms with Crippen molar-refractivity contribution < 1.29 is 18.7 Å². The molecular formula is C19H13BrN2O4S. The standard InChI is InChI=1S/C19H13BrN2O4S/c1-25-17(23)10-22-13-7-6-12(20)9-16(13)27-19(22)21-18(24)15-8-11-4-2-3-5-14(11)26-15/h2-9H,10H2,1H3. The van der Waals surface area contributed by atoms with Crippen LogP contribution < -0.4 is 4.80 Å². The molecule has 136 valence electrons. The lowest BCUT2D eigenvalue weighted by molar-refractivity contribution is -0.141. The van der Waals surface area contributed by atoms with Gasteiger partial charge in [0.05, 0.1) is 17.3 Å². The maximum absolute atomic E-state index is 12.6. The van der Waals surface area contributed by atoms with Crippen molar-refractivity contribution in [2.45, 2.75) is 6.54 Å². The van der Waals surface area contributed by atoms with E-state index in [9.17, 15) is 9.59 Å². The molecule has 4 rings (SSSR count). The largest absolute Gasteiger partial charge is 0.468 e. The molecule has 2 aromatic heterocycles.